The lowest BCUT2D eigenvalue weighted by Gasteiger charge is -2.11. The number of nitrogens with zero attached hydrogens (tertiary/aromatic N) is 3. The van der Waals surface area contributed by atoms with Crippen LogP contribution in [0.5, 0.6) is 0 Å². The summed E-state index contributed by atoms with van der Waals surface area (Å²) in [5.41, 5.74) is 3.54. The van der Waals surface area contributed by atoms with Crippen molar-refractivity contribution in [1.29, 1.82) is 0 Å². The predicted octanol–water partition coefficient (Wildman–Crippen LogP) is 3.66. The number of hydrogen-bond acceptors (Lipinski definition) is 5. The normalized spacial score (nSPS) is 14.2. The van der Waals surface area contributed by atoms with Crippen LogP contribution in [0, 0.1) is 0 Å². The zero-order valence-electron chi connectivity index (χ0n) is 13.3. The summed E-state index contributed by atoms with van der Waals surface area (Å²) >= 11 is 0. The van der Waals surface area contributed by atoms with E-state index in [9.17, 15) is 4.79 Å². The molecule has 0 spiro atoms. The maximum absolute atomic E-state index is 11.4. The summed E-state index contributed by atoms with van der Waals surface area (Å²) in [6, 6.07) is 9.97. The van der Waals surface area contributed by atoms with Gasteiger partial charge in [-0.15, -0.1) is 0 Å². The van der Waals surface area contributed by atoms with Gasteiger partial charge < -0.3 is 4.74 Å². The van der Waals surface area contributed by atoms with Crippen LogP contribution in [0.25, 0.3) is 0 Å². The third-order valence-electron chi connectivity index (χ3n) is 3.56. The van der Waals surface area contributed by atoms with Crippen LogP contribution in [-0.4, -0.2) is 28.8 Å². The molecule has 0 unspecified atom stereocenters. The maximum atomic E-state index is 11.4. The molecule has 0 saturated heterocycles. The molecule has 0 atom stereocenters. The van der Waals surface area contributed by atoms with Gasteiger partial charge in [0.25, 0.3) is 0 Å². The Kier molecular flexibility index (Phi) is 4.91. The Labute approximate surface area is 140 Å². The molecule has 0 saturated carbocycles. The molecule has 3 rings (SSSR count). The van der Waals surface area contributed by atoms with E-state index in [2.05, 4.69) is 32.9 Å². The second-order valence-electron chi connectivity index (χ2n) is 5.22. The molecule has 0 radical (unpaired) electrons. The number of aromatic nitrogens is 2. The summed E-state index contributed by atoms with van der Waals surface area (Å²) in [5.74, 6) is -0.541. The van der Waals surface area contributed by atoms with Gasteiger partial charge in [-0.3, -0.25) is 0 Å². The van der Waals surface area contributed by atoms with Crippen molar-refractivity contribution in [2.45, 2.75) is 12.8 Å². The number of carbonyl (C=O) groups is 1. The standard InChI is InChI=1S/C19H17N3O2/c1-24-19(23)18-20-12-16(13-21-18)22-17(14-8-4-2-5-9-14)15-10-6-3-7-11-15/h2,4-6,8-13H,3,7H2,1H3. The zero-order chi connectivity index (χ0) is 16.8. The third kappa shape index (κ3) is 3.63. The number of carbonyl (C=O) groups excluding carboxylic acids is 1. The number of methoxy groups -OCH3 is 1. The van der Waals surface area contributed by atoms with E-state index >= 15 is 0 Å². The van der Waals surface area contributed by atoms with Crippen LogP contribution in [0.1, 0.15) is 29.0 Å². The highest BCUT2D eigenvalue weighted by Crippen LogP contribution is 2.20. The Morgan fingerprint density at radius 3 is 2.50 bits per heavy atom. The first-order chi connectivity index (χ1) is 11.8. The van der Waals surface area contributed by atoms with E-state index in [0.29, 0.717) is 5.69 Å². The van der Waals surface area contributed by atoms with Gasteiger partial charge in [0.2, 0.25) is 5.82 Å². The fourth-order valence-corrected chi connectivity index (χ4v) is 2.39. The lowest BCUT2D eigenvalue weighted by molar-refractivity contribution is 0.0586. The minimum atomic E-state index is -0.563. The first-order valence-electron chi connectivity index (χ1n) is 7.69. The van der Waals surface area contributed by atoms with Crippen molar-refractivity contribution in [3.63, 3.8) is 0 Å². The second kappa shape index (κ2) is 7.46. The second-order valence-corrected chi connectivity index (χ2v) is 5.22. The highest BCUT2D eigenvalue weighted by Gasteiger charge is 2.11. The number of esters is 1. The quantitative estimate of drug-likeness (QED) is 0.637. The smallest absolute Gasteiger partial charge is 0.376 e. The van der Waals surface area contributed by atoms with Gasteiger partial charge in [0.15, 0.2) is 0 Å². The van der Waals surface area contributed by atoms with E-state index < -0.39 is 5.97 Å². The largest absolute Gasteiger partial charge is 0.463 e. The first-order valence-corrected chi connectivity index (χ1v) is 7.69. The van der Waals surface area contributed by atoms with Gasteiger partial charge in [0, 0.05) is 5.56 Å². The predicted molar refractivity (Wildman–Crippen MR) is 92.5 cm³/mol. The topological polar surface area (TPSA) is 64.4 Å². The van der Waals surface area contributed by atoms with Crippen molar-refractivity contribution < 1.29 is 9.53 Å². The summed E-state index contributed by atoms with van der Waals surface area (Å²) < 4.78 is 4.60. The molecule has 1 aliphatic carbocycles. The van der Waals surface area contributed by atoms with Gasteiger partial charge in [0.1, 0.15) is 5.69 Å². The van der Waals surface area contributed by atoms with E-state index in [1.165, 1.54) is 19.5 Å². The van der Waals surface area contributed by atoms with Crippen LogP contribution in [0.15, 0.2) is 71.5 Å². The number of allylic oxidation sites excluding steroid dienone is 4. The average Bonchev–Trinajstić information content (AvgIpc) is 2.67. The molecule has 1 heterocycles. The molecule has 0 amide bonds. The van der Waals surface area contributed by atoms with Crippen LogP contribution < -0.4 is 0 Å². The van der Waals surface area contributed by atoms with Crippen molar-refractivity contribution in [2.75, 3.05) is 7.11 Å². The average molecular weight is 319 g/mol. The number of hydrogen-bond donors (Lipinski definition) is 0. The number of benzene rings is 1. The minimum absolute atomic E-state index is 0.0227. The summed E-state index contributed by atoms with van der Waals surface area (Å²) in [5, 5.41) is 0. The van der Waals surface area contributed by atoms with Crippen LogP contribution in [0.4, 0.5) is 5.69 Å². The number of rotatable bonds is 4. The molecule has 1 aromatic heterocycles. The van der Waals surface area contributed by atoms with Gasteiger partial charge in [-0.2, -0.15) is 0 Å². The van der Waals surface area contributed by atoms with E-state index in [4.69, 9.17) is 4.99 Å². The molecule has 0 N–H and O–H groups in total. The molecule has 0 aliphatic heterocycles. The number of aliphatic imine (C=N–C) groups is 1. The molecule has 0 fully saturated rings. The highest BCUT2D eigenvalue weighted by molar-refractivity contribution is 6.15. The van der Waals surface area contributed by atoms with Gasteiger partial charge in [0.05, 0.1) is 25.2 Å². The van der Waals surface area contributed by atoms with Crippen molar-refractivity contribution in [2.24, 2.45) is 4.99 Å². The fourth-order valence-electron chi connectivity index (χ4n) is 2.39. The van der Waals surface area contributed by atoms with Crippen LogP contribution in [0.2, 0.25) is 0 Å². The van der Waals surface area contributed by atoms with Crippen molar-refractivity contribution >= 4 is 17.4 Å². The van der Waals surface area contributed by atoms with Crippen molar-refractivity contribution in [3.8, 4) is 0 Å². The van der Waals surface area contributed by atoms with Gasteiger partial charge in [-0.05, 0) is 18.4 Å². The maximum Gasteiger partial charge on any atom is 0.376 e. The van der Waals surface area contributed by atoms with Crippen LogP contribution in [-0.2, 0) is 4.74 Å². The molecule has 1 aliphatic rings. The summed E-state index contributed by atoms with van der Waals surface area (Å²) in [6.45, 7) is 0. The van der Waals surface area contributed by atoms with Crippen molar-refractivity contribution in [3.05, 3.63) is 77.9 Å². The van der Waals surface area contributed by atoms with E-state index in [1.54, 1.807) is 0 Å². The summed E-state index contributed by atoms with van der Waals surface area (Å²) in [4.78, 5) is 24.1. The van der Waals surface area contributed by atoms with Crippen LogP contribution >= 0.6 is 0 Å². The summed E-state index contributed by atoms with van der Waals surface area (Å²) in [7, 11) is 1.30. The van der Waals surface area contributed by atoms with E-state index in [0.717, 1.165) is 29.7 Å². The summed E-state index contributed by atoms with van der Waals surface area (Å²) in [6.07, 6.45) is 11.5. The molecule has 5 nitrogen and oxygen atoms in total. The monoisotopic (exact) mass is 319 g/mol. The highest BCUT2D eigenvalue weighted by atomic mass is 16.5. The first kappa shape index (κ1) is 15.8. The Bertz CT molecular complexity index is 806. The molecule has 2 aromatic rings. The molecular weight excluding hydrogens is 302 g/mol. The Balaban J connectivity index is 1.99. The fraction of sp³-hybridized carbons (Fsp3) is 0.158. The SMILES string of the molecule is COC(=O)c1ncc(N=C(C2=CCCC=C2)c2ccccc2)cn1. The third-order valence-corrected chi connectivity index (χ3v) is 3.56. The molecule has 120 valence electrons. The van der Waals surface area contributed by atoms with Crippen LogP contribution in [0.3, 0.4) is 0 Å². The van der Waals surface area contributed by atoms with E-state index in [1.807, 2.05) is 30.3 Å². The van der Waals surface area contributed by atoms with Gasteiger partial charge in [-0.1, -0.05) is 48.6 Å². The number of ether oxygens (including phenoxy) is 1. The Morgan fingerprint density at radius 2 is 1.88 bits per heavy atom. The molecule has 1 aromatic carbocycles. The van der Waals surface area contributed by atoms with Gasteiger partial charge in [-0.25, -0.2) is 19.8 Å². The minimum Gasteiger partial charge on any atom is -0.463 e. The zero-order valence-corrected chi connectivity index (χ0v) is 13.3. The van der Waals surface area contributed by atoms with E-state index in [-0.39, 0.29) is 5.82 Å². The van der Waals surface area contributed by atoms with Gasteiger partial charge >= 0.3 is 5.97 Å². The lowest BCUT2D eigenvalue weighted by Crippen LogP contribution is -2.07. The lowest BCUT2D eigenvalue weighted by atomic mass is 9.97. The molecule has 0 bridgehead atoms. The Morgan fingerprint density at radius 1 is 1.12 bits per heavy atom. The Hall–Kier alpha value is -3.08. The molecule has 5 heteroatoms. The molecule has 24 heavy (non-hydrogen) atoms. The molecular formula is C19H17N3O2. The van der Waals surface area contributed by atoms with Crippen molar-refractivity contribution in [1.82, 2.24) is 9.97 Å².